The first-order valence-corrected chi connectivity index (χ1v) is 29.0. The molecule has 5 fully saturated rings. The number of hydrogen-bond donors (Lipinski definition) is 0. The molecule has 9 heteroatoms. The van der Waals surface area contributed by atoms with Crippen molar-refractivity contribution in [2.75, 3.05) is 13.2 Å². The molecule has 7 atom stereocenters. The summed E-state index contributed by atoms with van der Waals surface area (Å²) >= 11 is 0. The first-order chi connectivity index (χ1) is 26.8. The van der Waals surface area contributed by atoms with Crippen molar-refractivity contribution in [2.45, 2.75) is 219 Å². The number of allylic oxidation sites excluding steroid dienone is 3. The highest BCUT2D eigenvalue weighted by Crippen LogP contribution is 2.63. The van der Waals surface area contributed by atoms with Crippen molar-refractivity contribution in [1.29, 1.82) is 0 Å². The van der Waals surface area contributed by atoms with Crippen LogP contribution in [0.3, 0.4) is 0 Å². The van der Waals surface area contributed by atoms with E-state index in [9.17, 15) is 9.59 Å². The molecule has 0 radical (unpaired) electrons. The second kappa shape index (κ2) is 17.8. The van der Waals surface area contributed by atoms with Gasteiger partial charge in [-0.1, -0.05) is 93.0 Å². The third-order valence-corrected chi connectivity index (χ3v) is 25.6. The van der Waals surface area contributed by atoms with Gasteiger partial charge >= 0.3 is 5.97 Å². The Morgan fingerprint density at radius 1 is 0.931 bits per heavy atom. The van der Waals surface area contributed by atoms with E-state index in [-0.39, 0.29) is 57.2 Å². The summed E-state index contributed by atoms with van der Waals surface area (Å²) in [6.45, 7) is 37.7. The molecule has 0 bridgehead atoms. The molecule has 5 rings (SSSR count). The van der Waals surface area contributed by atoms with Gasteiger partial charge in [0.1, 0.15) is 11.9 Å². The van der Waals surface area contributed by atoms with E-state index < -0.39 is 28.5 Å². The predicted molar refractivity (Wildman–Crippen MR) is 242 cm³/mol. The van der Waals surface area contributed by atoms with Crippen LogP contribution in [0.2, 0.25) is 36.3 Å². The molecular formula is C49H84O7Si2. The number of ketones is 1. The highest BCUT2D eigenvalue weighted by molar-refractivity contribution is 6.74. The molecule has 330 valence electrons. The van der Waals surface area contributed by atoms with Crippen LogP contribution < -0.4 is 0 Å². The third-order valence-electron chi connectivity index (χ3n) is 16.6. The van der Waals surface area contributed by atoms with Crippen LogP contribution in [0.1, 0.15) is 159 Å². The van der Waals surface area contributed by atoms with Crippen LogP contribution in [0.15, 0.2) is 35.5 Å². The quantitative estimate of drug-likeness (QED) is 0.113. The molecule has 4 aliphatic carbocycles. The monoisotopic (exact) mass is 841 g/mol. The summed E-state index contributed by atoms with van der Waals surface area (Å²) in [5.41, 5.74) is 3.94. The molecule has 0 aromatic heterocycles. The van der Waals surface area contributed by atoms with E-state index in [1.807, 2.05) is 0 Å². The lowest BCUT2D eigenvalue weighted by molar-refractivity contribution is -0.213. The maximum Gasteiger partial charge on any atom is 0.302 e. The van der Waals surface area contributed by atoms with Crippen molar-refractivity contribution in [3.05, 3.63) is 35.5 Å². The van der Waals surface area contributed by atoms with E-state index in [1.165, 1.54) is 18.1 Å². The summed E-state index contributed by atoms with van der Waals surface area (Å²) in [7, 11) is -4.05. The Kier molecular flexibility index (Phi) is 14.6. The zero-order chi connectivity index (χ0) is 43.1. The number of esters is 1. The van der Waals surface area contributed by atoms with Crippen LogP contribution in [0.5, 0.6) is 0 Å². The highest BCUT2D eigenvalue weighted by Gasteiger charge is 2.62. The van der Waals surface area contributed by atoms with Gasteiger partial charge in [0.25, 0.3) is 0 Å². The summed E-state index contributed by atoms with van der Waals surface area (Å²) in [6.07, 6.45) is 17.3. The fourth-order valence-corrected chi connectivity index (χ4v) is 13.6. The smallest absolute Gasteiger partial charge is 0.302 e. The predicted octanol–water partition coefficient (Wildman–Crippen LogP) is 12.8. The summed E-state index contributed by atoms with van der Waals surface area (Å²) in [5.74, 6) is 0.263. The molecule has 0 amide bonds. The van der Waals surface area contributed by atoms with Crippen LogP contribution in [-0.2, 0) is 32.7 Å². The van der Waals surface area contributed by atoms with E-state index in [0.29, 0.717) is 31.5 Å². The van der Waals surface area contributed by atoms with Gasteiger partial charge in [-0.3, -0.25) is 9.59 Å². The van der Waals surface area contributed by atoms with E-state index >= 15 is 0 Å². The molecule has 0 aromatic rings. The number of carbonyl (C=O) groups is 2. The average Bonchev–Trinajstić information content (AvgIpc) is 3.61. The van der Waals surface area contributed by atoms with Gasteiger partial charge in [-0.2, -0.15) is 0 Å². The average molecular weight is 841 g/mol. The molecule has 1 heterocycles. The molecule has 0 spiro atoms. The molecule has 1 saturated heterocycles. The van der Waals surface area contributed by atoms with E-state index in [0.717, 1.165) is 82.6 Å². The summed E-state index contributed by atoms with van der Waals surface area (Å²) < 4.78 is 32.8. The zero-order valence-electron chi connectivity index (χ0n) is 39.5. The van der Waals surface area contributed by atoms with Crippen LogP contribution in [0.4, 0.5) is 0 Å². The van der Waals surface area contributed by atoms with Crippen molar-refractivity contribution in [1.82, 2.24) is 0 Å². The number of ether oxygens (including phenoxy) is 3. The topological polar surface area (TPSA) is 80.3 Å². The maximum atomic E-state index is 13.8. The van der Waals surface area contributed by atoms with E-state index in [2.05, 4.69) is 101 Å². The summed E-state index contributed by atoms with van der Waals surface area (Å²) in [6, 6.07) is 0. The highest BCUT2D eigenvalue weighted by atomic mass is 28.4. The molecule has 58 heavy (non-hydrogen) atoms. The fourth-order valence-electron chi connectivity index (χ4n) is 10.9. The minimum absolute atomic E-state index is 0.0417. The summed E-state index contributed by atoms with van der Waals surface area (Å²) in [4.78, 5) is 26.3. The van der Waals surface area contributed by atoms with Crippen LogP contribution in [0, 0.1) is 28.6 Å². The molecule has 7 nitrogen and oxygen atoms in total. The molecule has 1 aliphatic heterocycles. The lowest BCUT2D eigenvalue weighted by Gasteiger charge is -2.46. The Bertz CT molecular complexity index is 1550. The molecule has 1 unspecified atom stereocenters. The SMILES string of the molecule is C=C1/C(=C\C=C2/CCC[C@]3(C)[C@@H]([C@H](C)C(CC(=O)CCC4(C5(CCC)OCCO5)CC4)OC(C)=O)CC[C@@H]23)C[C@@H](O[Si](C)(C)C(C)(C)C)C[C@@H]1O[Si](C)(C)C(C)(C)C. The number of rotatable bonds is 16. The third kappa shape index (κ3) is 10.1. The molecular weight excluding hydrogens is 757 g/mol. The van der Waals surface area contributed by atoms with Crippen LogP contribution >= 0.6 is 0 Å². The first kappa shape index (κ1) is 47.7. The van der Waals surface area contributed by atoms with E-state index in [4.69, 9.17) is 29.6 Å². The Labute approximate surface area is 356 Å². The van der Waals surface area contributed by atoms with Crippen molar-refractivity contribution >= 4 is 28.4 Å². The number of fused-ring (bicyclic) bond motifs is 1. The van der Waals surface area contributed by atoms with Crippen LogP contribution in [-0.4, -0.2) is 65.7 Å². The summed E-state index contributed by atoms with van der Waals surface area (Å²) in [5, 5.41) is 0.234. The fraction of sp³-hybridized carbons (Fsp3) is 0.837. The van der Waals surface area contributed by atoms with Crippen molar-refractivity contribution in [2.24, 2.45) is 28.6 Å². The molecule has 0 N–H and O–H groups in total. The zero-order valence-corrected chi connectivity index (χ0v) is 41.5. The van der Waals surface area contributed by atoms with E-state index in [1.54, 1.807) is 0 Å². The minimum Gasteiger partial charge on any atom is -0.462 e. The lowest BCUT2D eigenvalue weighted by atomic mass is 9.60. The Morgan fingerprint density at radius 2 is 1.55 bits per heavy atom. The second-order valence-corrected chi connectivity index (χ2v) is 32.1. The molecule has 0 aromatic carbocycles. The lowest BCUT2D eigenvalue weighted by Crippen LogP contribution is -2.49. The van der Waals surface area contributed by atoms with Gasteiger partial charge < -0.3 is 23.1 Å². The Hall–Kier alpha value is -1.37. The van der Waals surface area contributed by atoms with Gasteiger partial charge in [-0.15, -0.1) is 0 Å². The maximum absolute atomic E-state index is 13.8. The normalized spacial score (nSPS) is 31.3. The van der Waals surface area contributed by atoms with Gasteiger partial charge in [0, 0.05) is 38.0 Å². The van der Waals surface area contributed by atoms with Crippen LogP contribution in [0.25, 0.3) is 0 Å². The molecule has 4 saturated carbocycles. The standard InChI is InChI=1S/C49H84O7Si2/c1-16-24-49(52-29-30-53-49)48(27-28-48)26-23-39(51)32-43(54-36(4)50)35(3)41-21-22-42-37(18-17-25-47(41,42)11)19-20-38-31-40(55-57(12,13)45(5,6)7)33-44(34(38)2)56-58(14,15)46(8,9)10/h19-20,35,40-44H,2,16-18,21-33H2,1,3-15H3/b37-19+,38-20-/t35-,40+,41+,42-,43?,44-,47+/m0/s1. The van der Waals surface area contributed by atoms with Gasteiger partial charge in [0.05, 0.1) is 25.4 Å². The van der Waals surface area contributed by atoms with Crippen molar-refractivity contribution < 1.29 is 32.7 Å². The van der Waals surface area contributed by atoms with Gasteiger partial charge in [0.2, 0.25) is 0 Å². The van der Waals surface area contributed by atoms with Crippen molar-refractivity contribution in [3.8, 4) is 0 Å². The van der Waals surface area contributed by atoms with Crippen molar-refractivity contribution in [3.63, 3.8) is 0 Å². The van der Waals surface area contributed by atoms with Gasteiger partial charge in [0.15, 0.2) is 22.4 Å². The Morgan fingerprint density at radius 3 is 2.12 bits per heavy atom. The Balaban J connectivity index is 1.32. The molecule has 5 aliphatic rings. The first-order valence-electron chi connectivity index (χ1n) is 23.2. The van der Waals surface area contributed by atoms with Gasteiger partial charge in [-0.05, 0) is 128 Å². The largest absolute Gasteiger partial charge is 0.462 e. The number of carbonyl (C=O) groups excluding carboxylic acids is 2. The number of Topliss-reactive ketones (excluding diaryl/α,β-unsaturated/α-hetero) is 1. The second-order valence-electron chi connectivity index (χ2n) is 22.6. The number of hydrogen-bond acceptors (Lipinski definition) is 7. The minimum atomic E-state index is -2.05. The van der Waals surface area contributed by atoms with Gasteiger partial charge in [-0.25, -0.2) is 0 Å².